The number of benzene rings is 1. The number of nitrogens with one attached hydrogen (secondary N) is 1. The lowest BCUT2D eigenvalue weighted by Crippen LogP contribution is -2.19. The Bertz CT molecular complexity index is 626. The van der Waals surface area contributed by atoms with Crippen molar-refractivity contribution < 1.29 is 18.0 Å². The van der Waals surface area contributed by atoms with Gasteiger partial charge in [0, 0.05) is 22.8 Å². The van der Waals surface area contributed by atoms with Crippen LogP contribution < -0.4 is 5.73 Å². The van der Waals surface area contributed by atoms with Gasteiger partial charge >= 0.3 is 6.18 Å². The van der Waals surface area contributed by atoms with Gasteiger partial charge in [0.05, 0.1) is 0 Å². The maximum absolute atomic E-state index is 12.0. The molecule has 0 unspecified atom stereocenters. The minimum Gasteiger partial charge on any atom is -0.399 e. The highest BCUT2D eigenvalue weighted by molar-refractivity contribution is 6.00. The van der Waals surface area contributed by atoms with Crippen LogP contribution in [-0.4, -0.2) is 16.9 Å². The second-order valence-electron chi connectivity index (χ2n) is 3.74. The van der Waals surface area contributed by atoms with Gasteiger partial charge in [-0.1, -0.05) is 0 Å². The Morgan fingerprint density at radius 3 is 2.72 bits per heavy atom. The molecule has 1 aromatic heterocycles. The van der Waals surface area contributed by atoms with Crippen molar-refractivity contribution in [1.29, 1.82) is 0 Å². The Labute approximate surface area is 100 Å². The molecule has 0 spiro atoms. The Morgan fingerprint density at radius 1 is 1.33 bits per heavy atom. The van der Waals surface area contributed by atoms with E-state index in [0.29, 0.717) is 22.7 Å². The fourth-order valence-electron chi connectivity index (χ4n) is 1.56. The van der Waals surface area contributed by atoms with Crippen LogP contribution in [0.15, 0.2) is 30.5 Å². The SMILES string of the molecule is Nc1ccc2[nH]cc(/C=C/C(=O)C(F)(F)F)c2c1. The molecule has 18 heavy (non-hydrogen) atoms. The number of aromatic nitrogens is 1. The highest BCUT2D eigenvalue weighted by atomic mass is 19.4. The maximum atomic E-state index is 12.0. The highest BCUT2D eigenvalue weighted by Crippen LogP contribution is 2.23. The van der Waals surface area contributed by atoms with Crippen molar-refractivity contribution in [3.05, 3.63) is 36.0 Å². The van der Waals surface area contributed by atoms with Gasteiger partial charge in [0.1, 0.15) is 0 Å². The molecule has 0 saturated carbocycles. The van der Waals surface area contributed by atoms with Gasteiger partial charge in [0.15, 0.2) is 0 Å². The molecule has 0 aliphatic rings. The Hall–Kier alpha value is -2.24. The predicted molar refractivity (Wildman–Crippen MR) is 62.8 cm³/mol. The van der Waals surface area contributed by atoms with E-state index >= 15 is 0 Å². The molecule has 1 heterocycles. The fourth-order valence-corrected chi connectivity index (χ4v) is 1.56. The Balaban J connectivity index is 2.35. The zero-order valence-electron chi connectivity index (χ0n) is 9.08. The van der Waals surface area contributed by atoms with E-state index in [1.807, 2.05) is 0 Å². The van der Waals surface area contributed by atoms with Crippen LogP contribution >= 0.6 is 0 Å². The summed E-state index contributed by atoms with van der Waals surface area (Å²) >= 11 is 0. The zero-order valence-corrected chi connectivity index (χ0v) is 9.08. The van der Waals surface area contributed by atoms with Gasteiger partial charge in [0.25, 0.3) is 5.78 Å². The highest BCUT2D eigenvalue weighted by Gasteiger charge is 2.35. The van der Waals surface area contributed by atoms with Crippen molar-refractivity contribution in [2.75, 3.05) is 5.73 Å². The Kier molecular flexibility index (Phi) is 2.86. The van der Waals surface area contributed by atoms with Crippen molar-refractivity contribution in [2.24, 2.45) is 0 Å². The first kappa shape index (κ1) is 12.2. The first-order chi connectivity index (χ1) is 8.38. The summed E-state index contributed by atoms with van der Waals surface area (Å²) in [5, 5.41) is 0.668. The van der Waals surface area contributed by atoms with Crippen LogP contribution in [0.4, 0.5) is 18.9 Å². The van der Waals surface area contributed by atoms with E-state index in [9.17, 15) is 18.0 Å². The van der Waals surface area contributed by atoms with Gasteiger partial charge in [-0.25, -0.2) is 0 Å². The normalized spacial score (nSPS) is 12.4. The number of nitrogen functional groups attached to an aromatic ring is 1. The molecule has 0 aliphatic heterocycles. The third-order valence-electron chi connectivity index (χ3n) is 2.43. The fraction of sp³-hybridized carbons (Fsp3) is 0.0833. The molecule has 2 rings (SSSR count). The minimum absolute atomic E-state index is 0.481. The van der Waals surface area contributed by atoms with Crippen LogP contribution in [0.25, 0.3) is 17.0 Å². The summed E-state index contributed by atoms with van der Waals surface area (Å²) in [4.78, 5) is 13.6. The van der Waals surface area contributed by atoms with Crippen LogP contribution in [0.5, 0.6) is 0 Å². The average molecular weight is 254 g/mol. The summed E-state index contributed by atoms with van der Waals surface area (Å²) in [6, 6.07) is 5.02. The molecular formula is C12H9F3N2O. The van der Waals surface area contributed by atoms with Gasteiger partial charge in [-0.15, -0.1) is 0 Å². The molecule has 0 bridgehead atoms. The van der Waals surface area contributed by atoms with Gasteiger partial charge < -0.3 is 10.7 Å². The monoisotopic (exact) mass is 254 g/mol. The summed E-state index contributed by atoms with van der Waals surface area (Å²) in [5.41, 5.74) is 7.31. The molecule has 0 fully saturated rings. The molecule has 2 aromatic rings. The number of anilines is 1. The number of nitrogens with two attached hydrogens (primary N) is 1. The smallest absolute Gasteiger partial charge is 0.399 e. The van der Waals surface area contributed by atoms with Crippen LogP contribution in [0.2, 0.25) is 0 Å². The van der Waals surface area contributed by atoms with E-state index < -0.39 is 12.0 Å². The van der Waals surface area contributed by atoms with Crippen molar-refractivity contribution >= 4 is 28.4 Å². The Morgan fingerprint density at radius 2 is 2.06 bits per heavy atom. The molecule has 1 aromatic carbocycles. The molecule has 0 aliphatic carbocycles. The second-order valence-corrected chi connectivity index (χ2v) is 3.74. The summed E-state index contributed by atoms with van der Waals surface area (Å²) in [6.07, 6.45) is -1.70. The number of rotatable bonds is 2. The molecule has 6 heteroatoms. The van der Waals surface area contributed by atoms with Gasteiger partial charge in [-0.2, -0.15) is 13.2 Å². The first-order valence-corrected chi connectivity index (χ1v) is 5.04. The molecule has 0 amide bonds. The molecule has 3 nitrogen and oxygen atoms in total. The summed E-state index contributed by atoms with van der Waals surface area (Å²) in [7, 11) is 0. The van der Waals surface area contributed by atoms with Crippen molar-refractivity contribution in [1.82, 2.24) is 4.98 Å². The van der Waals surface area contributed by atoms with Crippen molar-refractivity contribution in [3.63, 3.8) is 0 Å². The standard InChI is InChI=1S/C12H9F3N2O/c13-12(14,15)11(18)4-1-7-6-17-10-3-2-8(16)5-9(7)10/h1-6,17H,16H2/b4-1+. The van der Waals surface area contributed by atoms with Crippen LogP contribution in [0, 0.1) is 0 Å². The number of fused-ring (bicyclic) bond motifs is 1. The van der Waals surface area contributed by atoms with Gasteiger partial charge in [0.2, 0.25) is 0 Å². The predicted octanol–water partition coefficient (Wildman–Crippen LogP) is 2.89. The number of aromatic amines is 1. The van der Waals surface area contributed by atoms with Crippen LogP contribution in [0.1, 0.15) is 5.56 Å². The van der Waals surface area contributed by atoms with E-state index in [4.69, 9.17) is 5.73 Å². The summed E-state index contributed by atoms with van der Waals surface area (Å²) < 4.78 is 36.1. The number of halogens is 3. The van der Waals surface area contributed by atoms with Crippen LogP contribution in [0.3, 0.4) is 0 Å². The summed E-state index contributed by atoms with van der Waals surface area (Å²) in [6.45, 7) is 0. The average Bonchev–Trinajstić information content (AvgIpc) is 2.67. The lowest BCUT2D eigenvalue weighted by Gasteiger charge is -1.99. The van der Waals surface area contributed by atoms with E-state index in [2.05, 4.69) is 4.98 Å². The van der Waals surface area contributed by atoms with Crippen molar-refractivity contribution in [3.8, 4) is 0 Å². The largest absolute Gasteiger partial charge is 0.454 e. The number of alkyl halides is 3. The molecule has 3 N–H and O–H groups in total. The molecule has 0 atom stereocenters. The quantitative estimate of drug-likeness (QED) is 0.639. The number of allylic oxidation sites excluding steroid dienone is 1. The third-order valence-corrected chi connectivity index (χ3v) is 2.43. The maximum Gasteiger partial charge on any atom is 0.454 e. The minimum atomic E-state index is -4.85. The zero-order chi connectivity index (χ0) is 13.3. The second kappa shape index (κ2) is 4.21. The van der Waals surface area contributed by atoms with Gasteiger partial charge in [-0.05, 0) is 35.9 Å². The van der Waals surface area contributed by atoms with Crippen LogP contribution in [-0.2, 0) is 4.79 Å². The summed E-state index contributed by atoms with van der Waals surface area (Å²) in [5.74, 6) is -1.89. The number of ketones is 1. The number of carbonyl (C=O) groups excluding carboxylic acids is 1. The number of hydrogen-bond donors (Lipinski definition) is 2. The van der Waals surface area contributed by atoms with Gasteiger partial charge in [-0.3, -0.25) is 4.79 Å². The third kappa shape index (κ3) is 2.37. The van der Waals surface area contributed by atoms with E-state index in [0.717, 1.165) is 11.6 Å². The lowest BCUT2D eigenvalue weighted by molar-refractivity contribution is -0.165. The molecule has 0 saturated heterocycles. The molecule has 0 radical (unpaired) electrons. The lowest BCUT2D eigenvalue weighted by atomic mass is 10.1. The molecule has 94 valence electrons. The molecular weight excluding hydrogens is 245 g/mol. The number of hydrogen-bond acceptors (Lipinski definition) is 2. The first-order valence-electron chi connectivity index (χ1n) is 5.04. The van der Waals surface area contributed by atoms with E-state index in [-0.39, 0.29) is 0 Å². The number of H-pyrrole nitrogens is 1. The number of carbonyl (C=O) groups is 1. The van der Waals surface area contributed by atoms with E-state index in [1.165, 1.54) is 6.20 Å². The topological polar surface area (TPSA) is 58.9 Å². The van der Waals surface area contributed by atoms with E-state index in [1.54, 1.807) is 18.2 Å². The van der Waals surface area contributed by atoms with Crippen molar-refractivity contribution in [2.45, 2.75) is 6.18 Å².